The number of hydrogen-bond acceptors (Lipinski definition) is 3. The summed E-state index contributed by atoms with van der Waals surface area (Å²) in [6.07, 6.45) is -0.668. The van der Waals surface area contributed by atoms with E-state index in [2.05, 4.69) is 5.32 Å². The summed E-state index contributed by atoms with van der Waals surface area (Å²) < 4.78 is 5.65. The van der Waals surface area contributed by atoms with Crippen LogP contribution in [0.2, 0.25) is 0 Å². The molecule has 3 N–H and O–H groups in total. The van der Waals surface area contributed by atoms with Crippen LogP contribution in [0.5, 0.6) is 5.75 Å². The normalized spacial score (nSPS) is 11.5. The number of nitrogens with one attached hydrogen (secondary N) is 1. The number of para-hydroxylation sites is 1. The van der Waals surface area contributed by atoms with Gasteiger partial charge in [0.1, 0.15) is 5.75 Å². The highest BCUT2D eigenvalue weighted by Gasteiger charge is 2.16. The number of rotatable bonds is 5. The number of anilines is 1. The number of carbonyl (C=O) groups excluding carboxylic acids is 2. The Morgan fingerprint density at radius 2 is 1.86 bits per heavy atom. The number of amides is 2. The molecule has 0 radical (unpaired) electrons. The van der Waals surface area contributed by atoms with Crippen LogP contribution in [0.4, 0.5) is 5.69 Å². The van der Waals surface area contributed by atoms with Gasteiger partial charge in [-0.25, -0.2) is 0 Å². The van der Waals surface area contributed by atoms with Gasteiger partial charge in [-0.2, -0.15) is 0 Å². The quantitative estimate of drug-likeness (QED) is 0.889. The predicted molar refractivity (Wildman–Crippen MR) is 84.9 cm³/mol. The van der Waals surface area contributed by atoms with Gasteiger partial charge >= 0.3 is 0 Å². The molecule has 0 aliphatic rings. The van der Waals surface area contributed by atoms with Crippen molar-refractivity contribution in [1.29, 1.82) is 0 Å². The van der Waals surface area contributed by atoms with Gasteiger partial charge in [-0.05, 0) is 43.7 Å². The van der Waals surface area contributed by atoms with Crippen LogP contribution in [-0.2, 0) is 4.79 Å². The fraction of sp³-hybridized carbons (Fsp3) is 0.176. The van der Waals surface area contributed by atoms with Crippen LogP contribution >= 0.6 is 0 Å². The predicted octanol–water partition coefficient (Wildman–Crippen LogP) is 2.50. The molecule has 0 aromatic heterocycles. The molecule has 2 aromatic carbocycles. The minimum Gasteiger partial charge on any atom is -0.481 e. The van der Waals surface area contributed by atoms with Crippen molar-refractivity contribution in [1.82, 2.24) is 0 Å². The molecule has 114 valence electrons. The second-order valence-corrected chi connectivity index (χ2v) is 4.96. The molecule has 0 saturated heterocycles. The lowest BCUT2D eigenvalue weighted by molar-refractivity contribution is -0.122. The average Bonchev–Trinajstić information content (AvgIpc) is 2.49. The lowest BCUT2D eigenvalue weighted by Gasteiger charge is -2.16. The van der Waals surface area contributed by atoms with Gasteiger partial charge in [0.25, 0.3) is 5.91 Å². The highest BCUT2D eigenvalue weighted by Crippen LogP contribution is 2.18. The van der Waals surface area contributed by atoms with Crippen LogP contribution in [0.25, 0.3) is 0 Å². The summed E-state index contributed by atoms with van der Waals surface area (Å²) in [4.78, 5) is 23.3. The molecule has 22 heavy (non-hydrogen) atoms. The maximum Gasteiger partial charge on any atom is 0.265 e. The molecule has 0 aliphatic carbocycles. The molecule has 2 aromatic rings. The van der Waals surface area contributed by atoms with Crippen LogP contribution in [0.15, 0.2) is 48.5 Å². The molecule has 0 spiro atoms. The first-order valence-corrected chi connectivity index (χ1v) is 6.90. The maximum absolute atomic E-state index is 12.2. The minimum absolute atomic E-state index is 0.301. The second-order valence-electron chi connectivity index (χ2n) is 4.96. The number of primary amides is 1. The van der Waals surface area contributed by atoms with E-state index in [4.69, 9.17) is 10.5 Å². The van der Waals surface area contributed by atoms with Crippen LogP contribution in [0.3, 0.4) is 0 Å². The Labute approximate surface area is 129 Å². The summed E-state index contributed by atoms with van der Waals surface area (Å²) in [7, 11) is 0. The van der Waals surface area contributed by atoms with E-state index in [1.807, 2.05) is 31.2 Å². The number of nitrogens with two attached hydrogens (primary N) is 1. The van der Waals surface area contributed by atoms with Crippen LogP contribution in [0, 0.1) is 6.92 Å². The van der Waals surface area contributed by atoms with Crippen molar-refractivity contribution in [3.05, 3.63) is 59.7 Å². The van der Waals surface area contributed by atoms with E-state index >= 15 is 0 Å². The third kappa shape index (κ3) is 3.85. The van der Waals surface area contributed by atoms with Crippen molar-refractivity contribution < 1.29 is 14.3 Å². The van der Waals surface area contributed by atoms with Gasteiger partial charge in [-0.3, -0.25) is 9.59 Å². The monoisotopic (exact) mass is 298 g/mol. The zero-order chi connectivity index (χ0) is 16.1. The lowest BCUT2D eigenvalue weighted by Crippen LogP contribution is -2.30. The summed E-state index contributed by atoms with van der Waals surface area (Å²) in [6, 6.07) is 13.9. The topological polar surface area (TPSA) is 81.4 Å². The fourth-order valence-electron chi connectivity index (χ4n) is 1.93. The third-order valence-electron chi connectivity index (χ3n) is 3.18. The first kappa shape index (κ1) is 15.6. The first-order valence-electron chi connectivity index (χ1n) is 6.90. The van der Waals surface area contributed by atoms with Crippen LogP contribution in [-0.4, -0.2) is 17.9 Å². The molecule has 0 bridgehead atoms. The van der Waals surface area contributed by atoms with E-state index in [1.165, 1.54) is 6.07 Å². The summed E-state index contributed by atoms with van der Waals surface area (Å²) in [5.41, 5.74) is 7.01. The van der Waals surface area contributed by atoms with Crippen molar-refractivity contribution in [2.75, 3.05) is 5.32 Å². The number of hydrogen-bond donors (Lipinski definition) is 2. The van der Waals surface area contributed by atoms with Crippen LogP contribution < -0.4 is 15.8 Å². The Morgan fingerprint density at radius 3 is 2.55 bits per heavy atom. The molecule has 5 heteroatoms. The third-order valence-corrected chi connectivity index (χ3v) is 3.18. The molecular formula is C17H18N2O3. The molecule has 0 heterocycles. The Morgan fingerprint density at radius 1 is 1.14 bits per heavy atom. The van der Waals surface area contributed by atoms with Crippen molar-refractivity contribution in [3.63, 3.8) is 0 Å². The molecule has 0 aliphatic heterocycles. The van der Waals surface area contributed by atoms with Crippen molar-refractivity contribution in [3.8, 4) is 5.75 Å². The van der Waals surface area contributed by atoms with Crippen molar-refractivity contribution in [2.45, 2.75) is 20.0 Å². The molecule has 5 nitrogen and oxygen atoms in total. The number of benzene rings is 2. The van der Waals surface area contributed by atoms with Gasteiger partial charge < -0.3 is 15.8 Å². The first-order chi connectivity index (χ1) is 10.5. The standard InChI is InChI=1S/C17H18N2O3/c1-11-6-3-4-9-15(11)22-12(2)17(21)19-14-8-5-7-13(10-14)16(18)20/h3-10,12H,1-2H3,(H2,18,20)(H,19,21). The Kier molecular flexibility index (Phi) is 4.78. The second kappa shape index (κ2) is 6.76. The lowest BCUT2D eigenvalue weighted by atomic mass is 10.2. The zero-order valence-corrected chi connectivity index (χ0v) is 12.5. The molecular weight excluding hydrogens is 280 g/mol. The highest BCUT2D eigenvalue weighted by atomic mass is 16.5. The summed E-state index contributed by atoms with van der Waals surface area (Å²) in [5, 5.41) is 2.70. The highest BCUT2D eigenvalue weighted by molar-refractivity contribution is 5.97. The number of ether oxygens (including phenoxy) is 1. The van der Waals surface area contributed by atoms with E-state index < -0.39 is 12.0 Å². The molecule has 2 amide bonds. The summed E-state index contributed by atoms with van der Waals surface area (Å²) in [6.45, 7) is 3.58. The van der Waals surface area contributed by atoms with Gasteiger partial charge in [0.05, 0.1) is 0 Å². The fourth-order valence-corrected chi connectivity index (χ4v) is 1.93. The van der Waals surface area contributed by atoms with Gasteiger partial charge in [0.2, 0.25) is 5.91 Å². The van der Waals surface area contributed by atoms with E-state index in [-0.39, 0.29) is 5.91 Å². The van der Waals surface area contributed by atoms with E-state index in [0.29, 0.717) is 17.0 Å². The van der Waals surface area contributed by atoms with Crippen LogP contribution in [0.1, 0.15) is 22.8 Å². The molecule has 1 atom stereocenters. The Hall–Kier alpha value is -2.82. The number of carbonyl (C=O) groups is 2. The van der Waals surface area contributed by atoms with Gasteiger partial charge in [-0.15, -0.1) is 0 Å². The molecule has 0 saturated carbocycles. The van der Waals surface area contributed by atoms with Gasteiger partial charge in [0.15, 0.2) is 6.10 Å². The van der Waals surface area contributed by atoms with Gasteiger partial charge in [0, 0.05) is 11.3 Å². The van der Waals surface area contributed by atoms with E-state index in [9.17, 15) is 9.59 Å². The Bertz CT molecular complexity index is 698. The maximum atomic E-state index is 12.2. The van der Waals surface area contributed by atoms with Crippen molar-refractivity contribution >= 4 is 17.5 Å². The van der Waals surface area contributed by atoms with Gasteiger partial charge in [-0.1, -0.05) is 24.3 Å². The van der Waals surface area contributed by atoms with E-state index in [1.54, 1.807) is 25.1 Å². The Balaban J connectivity index is 2.04. The summed E-state index contributed by atoms with van der Waals surface area (Å²) in [5.74, 6) is -0.179. The zero-order valence-electron chi connectivity index (χ0n) is 12.5. The molecule has 2 rings (SSSR count). The molecule has 0 fully saturated rings. The van der Waals surface area contributed by atoms with E-state index in [0.717, 1.165) is 5.56 Å². The number of aryl methyl sites for hydroxylation is 1. The summed E-state index contributed by atoms with van der Waals surface area (Å²) >= 11 is 0. The average molecular weight is 298 g/mol. The molecule has 1 unspecified atom stereocenters. The van der Waals surface area contributed by atoms with Crippen molar-refractivity contribution in [2.24, 2.45) is 5.73 Å². The smallest absolute Gasteiger partial charge is 0.265 e. The SMILES string of the molecule is Cc1ccccc1OC(C)C(=O)Nc1cccc(C(N)=O)c1. The minimum atomic E-state index is -0.668. The largest absolute Gasteiger partial charge is 0.481 e.